The summed E-state index contributed by atoms with van der Waals surface area (Å²) in [5.74, 6) is 0.0812. The SMILES string of the molecule is CN(C)CCN1C[C@H](C(=O)N2CCc3ccccc3C2)CC1=O. The Labute approximate surface area is 137 Å². The van der Waals surface area contributed by atoms with Crippen molar-refractivity contribution in [3.63, 3.8) is 0 Å². The van der Waals surface area contributed by atoms with Crippen LogP contribution >= 0.6 is 0 Å². The molecule has 3 rings (SSSR count). The molecule has 23 heavy (non-hydrogen) atoms. The maximum atomic E-state index is 12.8. The molecular formula is C18H25N3O2. The fourth-order valence-electron chi connectivity index (χ4n) is 3.42. The van der Waals surface area contributed by atoms with Crippen LogP contribution in [0.1, 0.15) is 17.5 Å². The van der Waals surface area contributed by atoms with E-state index in [1.165, 1.54) is 11.1 Å². The highest BCUT2D eigenvalue weighted by Gasteiger charge is 2.36. The number of amides is 2. The van der Waals surface area contributed by atoms with Gasteiger partial charge in [-0.25, -0.2) is 0 Å². The van der Waals surface area contributed by atoms with Gasteiger partial charge in [0.05, 0.1) is 5.92 Å². The predicted molar refractivity (Wildman–Crippen MR) is 88.8 cm³/mol. The largest absolute Gasteiger partial charge is 0.341 e. The quantitative estimate of drug-likeness (QED) is 0.832. The molecule has 0 N–H and O–H groups in total. The van der Waals surface area contributed by atoms with Gasteiger partial charge < -0.3 is 14.7 Å². The molecule has 0 bridgehead atoms. The van der Waals surface area contributed by atoms with Crippen molar-refractivity contribution in [2.75, 3.05) is 40.3 Å². The molecule has 5 nitrogen and oxygen atoms in total. The van der Waals surface area contributed by atoms with Crippen LogP contribution in [0.3, 0.4) is 0 Å². The number of fused-ring (bicyclic) bond motifs is 1. The zero-order chi connectivity index (χ0) is 16.4. The Balaban J connectivity index is 1.60. The van der Waals surface area contributed by atoms with Gasteiger partial charge in [-0.15, -0.1) is 0 Å². The van der Waals surface area contributed by atoms with Crippen molar-refractivity contribution in [3.05, 3.63) is 35.4 Å². The van der Waals surface area contributed by atoms with Crippen LogP contribution in [-0.2, 0) is 22.6 Å². The number of likely N-dealkylation sites (tertiary alicyclic amines) is 1. The standard InChI is InChI=1S/C18H25N3O2/c1-19(2)9-10-20-13-16(11-17(20)22)18(23)21-8-7-14-5-3-4-6-15(14)12-21/h3-6,16H,7-13H2,1-2H3/t16-/m1/s1. The smallest absolute Gasteiger partial charge is 0.228 e. The zero-order valence-electron chi connectivity index (χ0n) is 14.0. The van der Waals surface area contributed by atoms with Crippen LogP contribution in [0.5, 0.6) is 0 Å². The summed E-state index contributed by atoms with van der Waals surface area (Å²) in [4.78, 5) is 30.7. The second-order valence-electron chi connectivity index (χ2n) is 6.82. The predicted octanol–water partition coefficient (Wildman–Crippen LogP) is 0.981. The minimum Gasteiger partial charge on any atom is -0.341 e. The molecule has 2 amide bonds. The average Bonchev–Trinajstić information content (AvgIpc) is 2.92. The molecule has 1 saturated heterocycles. The molecule has 0 aliphatic carbocycles. The van der Waals surface area contributed by atoms with E-state index < -0.39 is 0 Å². The van der Waals surface area contributed by atoms with E-state index in [-0.39, 0.29) is 17.7 Å². The molecule has 0 spiro atoms. The number of carbonyl (C=O) groups is 2. The molecule has 5 heteroatoms. The molecule has 0 aromatic heterocycles. The van der Waals surface area contributed by atoms with Gasteiger partial charge in [0.25, 0.3) is 0 Å². The molecule has 1 aromatic rings. The normalized spacial score (nSPS) is 21.0. The van der Waals surface area contributed by atoms with Gasteiger partial charge in [0.1, 0.15) is 0 Å². The summed E-state index contributed by atoms with van der Waals surface area (Å²) in [5.41, 5.74) is 2.58. The van der Waals surface area contributed by atoms with E-state index in [0.717, 1.165) is 19.5 Å². The van der Waals surface area contributed by atoms with Crippen LogP contribution in [0.2, 0.25) is 0 Å². The number of hydrogen-bond donors (Lipinski definition) is 0. The third-order valence-corrected chi connectivity index (χ3v) is 4.82. The molecule has 2 aliphatic rings. The summed E-state index contributed by atoms with van der Waals surface area (Å²) in [7, 11) is 3.99. The number of benzene rings is 1. The minimum atomic E-state index is -0.171. The molecule has 2 aliphatic heterocycles. The maximum Gasteiger partial charge on any atom is 0.228 e. The molecule has 0 radical (unpaired) electrons. The van der Waals surface area contributed by atoms with Crippen molar-refractivity contribution in [2.45, 2.75) is 19.4 Å². The van der Waals surface area contributed by atoms with Gasteiger partial charge in [-0.05, 0) is 31.6 Å². The summed E-state index contributed by atoms with van der Waals surface area (Å²) < 4.78 is 0. The molecular weight excluding hydrogens is 290 g/mol. The molecule has 2 heterocycles. The monoisotopic (exact) mass is 315 g/mol. The lowest BCUT2D eigenvalue weighted by Crippen LogP contribution is -2.41. The Morgan fingerprint density at radius 2 is 2.00 bits per heavy atom. The summed E-state index contributed by atoms with van der Waals surface area (Å²) in [5, 5.41) is 0. The minimum absolute atomic E-state index is 0.114. The summed E-state index contributed by atoms with van der Waals surface area (Å²) in [6.45, 7) is 3.56. The van der Waals surface area contributed by atoms with Crippen LogP contribution in [0.15, 0.2) is 24.3 Å². The number of nitrogens with zero attached hydrogens (tertiary/aromatic N) is 3. The van der Waals surface area contributed by atoms with Gasteiger partial charge in [0.15, 0.2) is 0 Å². The lowest BCUT2D eigenvalue weighted by Gasteiger charge is -2.30. The van der Waals surface area contributed by atoms with Crippen molar-refractivity contribution < 1.29 is 9.59 Å². The Kier molecular flexibility index (Phi) is 4.66. The van der Waals surface area contributed by atoms with Crippen molar-refractivity contribution in [3.8, 4) is 0 Å². The van der Waals surface area contributed by atoms with Crippen LogP contribution in [-0.4, -0.2) is 66.8 Å². The van der Waals surface area contributed by atoms with Gasteiger partial charge in [-0.2, -0.15) is 0 Å². The summed E-state index contributed by atoms with van der Waals surface area (Å²) >= 11 is 0. The van der Waals surface area contributed by atoms with Crippen LogP contribution in [0, 0.1) is 5.92 Å². The highest BCUT2D eigenvalue weighted by molar-refractivity contribution is 5.89. The van der Waals surface area contributed by atoms with Crippen molar-refractivity contribution in [2.24, 2.45) is 5.92 Å². The summed E-state index contributed by atoms with van der Waals surface area (Å²) in [6.07, 6.45) is 1.28. The van der Waals surface area contributed by atoms with E-state index in [9.17, 15) is 9.59 Å². The van der Waals surface area contributed by atoms with Gasteiger partial charge in [0.2, 0.25) is 11.8 Å². The lowest BCUT2D eigenvalue weighted by molar-refractivity contribution is -0.136. The number of likely N-dealkylation sites (N-methyl/N-ethyl adjacent to an activating group) is 1. The van der Waals surface area contributed by atoms with E-state index in [4.69, 9.17) is 0 Å². The number of carbonyl (C=O) groups excluding carboxylic acids is 2. The van der Waals surface area contributed by atoms with Crippen molar-refractivity contribution in [1.82, 2.24) is 14.7 Å². The van der Waals surface area contributed by atoms with Crippen molar-refractivity contribution >= 4 is 11.8 Å². The highest BCUT2D eigenvalue weighted by atomic mass is 16.2. The highest BCUT2D eigenvalue weighted by Crippen LogP contribution is 2.24. The Hall–Kier alpha value is -1.88. The topological polar surface area (TPSA) is 43.9 Å². The van der Waals surface area contributed by atoms with Gasteiger partial charge in [-0.3, -0.25) is 9.59 Å². The molecule has 0 unspecified atom stereocenters. The third kappa shape index (κ3) is 3.55. The van der Waals surface area contributed by atoms with Gasteiger partial charge in [0, 0.05) is 39.1 Å². The van der Waals surface area contributed by atoms with E-state index in [2.05, 4.69) is 23.1 Å². The second-order valence-corrected chi connectivity index (χ2v) is 6.82. The first kappa shape index (κ1) is 16.0. The lowest BCUT2D eigenvalue weighted by atomic mass is 9.98. The number of rotatable bonds is 4. The molecule has 1 fully saturated rings. The van der Waals surface area contributed by atoms with Crippen LogP contribution in [0.25, 0.3) is 0 Å². The van der Waals surface area contributed by atoms with Gasteiger partial charge in [-0.1, -0.05) is 24.3 Å². The zero-order valence-corrected chi connectivity index (χ0v) is 14.0. The van der Waals surface area contributed by atoms with E-state index in [1.807, 2.05) is 30.0 Å². The fraction of sp³-hybridized carbons (Fsp3) is 0.556. The fourth-order valence-corrected chi connectivity index (χ4v) is 3.42. The van der Waals surface area contributed by atoms with Gasteiger partial charge >= 0.3 is 0 Å². The van der Waals surface area contributed by atoms with E-state index >= 15 is 0 Å². The number of hydrogen-bond acceptors (Lipinski definition) is 3. The first-order valence-electron chi connectivity index (χ1n) is 8.32. The van der Waals surface area contributed by atoms with E-state index in [0.29, 0.717) is 26.1 Å². The molecule has 1 aromatic carbocycles. The Morgan fingerprint density at radius 3 is 2.74 bits per heavy atom. The molecule has 124 valence electrons. The maximum absolute atomic E-state index is 12.8. The first-order valence-corrected chi connectivity index (χ1v) is 8.32. The third-order valence-electron chi connectivity index (χ3n) is 4.82. The van der Waals surface area contributed by atoms with Crippen LogP contribution in [0.4, 0.5) is 0 Å². The Bertz CT molecular complexity index is 600. The van der Waals surface area contributed by atoms with Crippen molar-refractivity contribution in [1.29, 1.82) is 0 Å². The Morgan fingerprint density at radius 1 is 1.26 bits per heavy atom. The second kappa shape index (κ2) is 6.71. The molecule has 0 saturated carbocycles. The molecule has 1 atom stereocenters. The average molecular weight is 315 g/mol. The first-order chi connectivity index (χ1) is 11.0. The van der Waals surface area contributed by atoms with Crippen LogP contribution < -0.4 is 0 Å². The summed E-state index contributed by atoms with van der Waals surface area (Å²) in [6, 6.07) is 8.31. The van der Waals surface area contributed by atoms with E-state index in [1.54, 1.807) is 0 Å².